The van der Waals surface area contributed by atoms with E-state index in [4.69, 9.17) is 9.15 Å². The van der Waals surface area contributed by atoms with E-state index in [1.807, 2.05) is 50.2 Å². The molecule has 1 amide bonds. The second-order valence-electron chi connectivity index (χ2n) is 6.47. The number of hydrogen-bond donors (Lipinski definition) is 1. The van der Waals surface area contributed by atoms with Gasteiger partial charge in [-0.1, -0.05) is 48.5 Å². The standard InChI is InChI=1S/C22H25NO3/c1-16-8-6-11-19-17(2)21(26-20(16)19)22(24)23-13-7-14-25-15-12-18-9-4-3-5-10-18/h3-6,8-11H,7,12-15H2,1-2H3,(H,23,24). The molecule has 4 heteroatoms. The molecule has 1 heterocycles. The number of furan rings is 1. The summed E-state index contributed by atoms with van der Waals surface area (Å²) in [6.45, 7) is 5.80. The Morgan fingerprint density at radius 2 is 1.85 bits per heavy atom. The van der Waals surface area contributed by atoms with Gasteiger partial charge in [0.05, 0.1) is 6.61 Å². The fourth-order valence-electron chi connectivity index (χ4n) is 2.99. The highest BCUT2D eigenvalue weighted by molar-refractivity contribution is 5.99. The first-order valence-electron chi connectivity index (χ1n) is 9.05. The van der Waals surface area contributed by atoms with E-state index >= 15 is 0 Å². The minimum absolute atomic E-state index is 0.164. The van der Waals surface area contributed by atoms with Gasteiger partial charge < -0.3 is 14.5 Å². The molecular formula is C22H25NO3. The SMILES string of the molecule is Cc1c(C(=O)NCCCOCCc2ccccc2)oc2c(C)cccc12. The van der Waals surface area contributed by atoms with E-state index in [0.717, 1.165) is 34.9 Å². The summed E-state index contributed by atoms with van der Waals surface area (Å²) in [7, 11) is 0. The largest absolute Gasteiger partial charge is 0.450 e. The van der Waals surface area contributed by atoms with Gasteiger partial charge in [-0.2, -0.15) is 0 Å². The Morgan fingerprint density at radius 3 is 2.62 bits per heavy atom. The lowest BCUT2D eigenvalue weighted by Gasteiger charge is -2.06. The van der Waals surface area contributed by atoms with Gasteiger partial charge in [0.2, 0.25) is 0 Å². The van der Waals surface area contributed by atoms with Crippen LogP contribution in [0.25, 0.3) is 11.0 Å². The maximum atomic E-state index is 12.4. The zero-order valence-corrected chi connectivity index (χ0v) is 15.4. The molecule has 0 aliphatic rings. The topological polar surface area (TPSA) is 51.5 Å². The van der Waals surface area contributed by atoms with Crippen molar-refractivity contribution >= 4 is 16.9 Å². The third-order valence-corrected chi connectivity index (χ3v) is 4.50. The number of hydrogen-bond acceptors (Lipinski definition) is 3. The first-order valence-corrected chi connectivity index (χ1v) is 9.05. The van der Waals surface area contributed by atoms with E-state index in [9.17, 15) is 4.79 Å². The summed E-state index contributed by atoms with van der Waals surface area (Å²) < 4.78 is 11.4. The average Bonchev–Trinajstić information content (AvgIpc) is 3.00. The van der Waals surface area contributed by atoms with E-state index in [1.54, 1.807) is 0 Å². The normalized spacial score (nSPS) is 11.0. The molecule has 0 bridgehead atoms. The van der Waals surface area contributed by atoms with Crippen LogP contribution >= 0.6 is 0 Å². The molecule has 2 aromatic carbocycles. The highest BCUT2D eigenvalue weighted by Crippen LogP contribution is 2.27. The molecule has 0 aliphatic carbocycles. The maximum Gasteiger partial charge on any atom is 0.287 e. The quantitative estimate of drug-likeness (QED) is 0.611. The summed E-state index contributed by atoms with van der Waals surface area (Å²) >= 11 is 0. The zero-order valence-electron chi connectivity index (χ0n) is 15.4. The van der Waals surface area contributed by atoms with E-state index < -0.39 is 0 Å². The summed E-state index contributed by atoms with van der Waals surface area (Å²) in [4.78, 5) is 12.4. The van der Waals surface area contributed by atoms with Crippen LogP contribution in [-0.4, -0.2) is 25.7 Å². The van der Waals surface area contributed by atoms with Crippen LogP contribution in [0.3, 0.4) is 0 Å². The fourth-order valence-corrected chi connectivity index (χ4v) is 2.99. The van der Waals surface area contributed by atoms with E-state index in [1.165, 1.54) is 5.56 Å². The van der Waals surface area contributed by atoms with Gasteiger partial charge >= 0.3 is 0 Å². The smallest absolute Gasteiger partial charge is 0.287 e. The molecule has 0 fully saturated rings. The van der Waals surface area contributed by atoms with E-state index in [2.05, 4.69) is 17.4 Å². The molecule has 0 unspecified atom stereocenters. The van der Waals surface area contributed by atoms with Crippen LogP contribution in [0.4, 0.5) is 0 Å². The van der Waals surface area contributed by atoms with Crippen molar-refractivity contribution in [2.75, 3.05) is 19.8 Å². The van der Waals surface area contributed by atoms with Crippen LogP contribution in [0.5, 0.6) is 0 Å². The monoisotopic (exact) mass is 351 g/mol. The third-order valence-electron chi connectivity index (χ3n) is 4.50. The molecule has 0 spiro atoms. The number of benzene rings is 2. The molecule has 1 N–H and O–H groups in total. The number of para-hydroxylation sites is 1. The van der Waals surface area contributed by atoms with Crippen LogP contribution in [-0.2, 0) is 11.2 Å². The van der Waals surface area contributed by atoms with Crippen molar-refractivity contribution in [1.82, 2.24) is 5.32 Å². The van der Waals surface area contributed by atoms with Crippen molar-refractivity contribution in [1.29, 1.82) is 0 Å². The van der Waals surface area contributed by atoms with Crippen molar-refractivity contribution in [3.05, 3.63) is 71.0 Å². The summed E-state index contributed by atoms with van der Waals surface area (Å²) in [6.07, 6.45) is 1.68. The highest BCUT2D eigenvalue weighted by atomic mass is 16.5. The van der Waals surface area contributed by atoms with Crippen LogP contribution in [0.1, 0.15) is 33.7 Å². The minimum Gasteiger partial charge on any atom is -0.450 e. The van der Waals surface area contributed by atoms with Crippen LogP contribution < -0.4 is 5.32 Å². The molecule has 3 aromatic rings. The Labute approximate surface area is 154 Å². The molecule has 136 valence electrons. The Hall–Kier alpha value is -2.59. The average molecular weight is 351 g/mol. The van der Waals surface area contributed by atoms with Gasteiger partial charge in [0.15, 0.2) is 5.76 Å². The van der Waals surface area contributed by atoms with Crippen LogP contribution in [0, 0.1) is 13.8 Å². The van der Waals surface area contributed by atoms with Gasteiger partial charge in [0.1, 0.15) is 5.58 Å². The van der Waals surface area contributed by atoms with Crippen molar-refractivity contribution < 1.29 is 13.9 Å². The van der Waals surface area contributed by atoms with Crippen LogP contribution in [0.15, 0.2) is 52.9 Å². The van der Waals surface area contributed by atoms with Gasteiger partial charge in [0, 0.05) is 24.1 Å². The first-order chi connectivity index (χ1) is 12.7. The van der Waals surface area contributed by atoms with Crippen molar-refractivity contribution in [3.8, 4) is 0 Å². The molecule has 0 radical (unpaired) electrons. The molecule has 0 saturated heterocycles. The lowest BCUT2D eigenvalue weighted by Crippen LogP contribution is -2.25. The number of carbonyl (C=O) groups excluding carboxylic acids is 1. The number of nitrogens with one attached hydrogen (secondary N) is 1. The second kappa shape index (κ2) is 8.68. The maximum absolute atomic E-state index is 12.4. The molecule has 0 aliphatic heterocycles. The fraction of sp³-hybridized carbons (Fsp3) is 0.318. The Kier molecular flexibility index (Phi) is 6.08. The Balaban J connectivity index is 1.41. The molecule has 4 nitrogen and oxygen atoms in total. The number of amides is 1. The van der Waals surface area contributed by atoms with E-state index in [0.29, 0.717) is 25.5 Å². The van der Waals surface area contributed by atoms with Gasteiger partial charge in [-0.15, -0.1) is 0 Å². The Morgan fingerprint density at radius 1 is 1.04 bits per heavy atom. The third kappa shape index (κ3) is 4.33. The summed E-state index contributed by atoms with van der Waals surface area (Å²) in [5.74, 6) is 0.238. The number of ether oxygens (including phenoxy) is 1. The number of aryl methyl sites for hydroxylation is 2. The number of fused-ring (bicyclic) bond motifs is 1. The molecule has 3 rings (SSSR count). The first kappa shape index (κ1) is 18.2. The molecule has 1 aromatic heterocycles. The summed E-state index contributed by atoms with van der Waals surface area (Å²) in [5, 5.41) is 3.92. The number of carbonyl (C=O) groups is 1. The summed E-state index contributed by atoms with van der Waals surface area (Å²) in [5.41, 5.74) is 3.99. The molecule has 26 heavy (non-hydrogen) atoms. The predicted molar refractivity (Wildman–Crippen MR) is 104 cm³/mol. The van der Waals surface area contributed by atoms with Gasteiger partial charge in [0.25, 0.3) is 5.91 Å². The molecule has 0 atom stereocenters. The van der Waals surface area contributed by atoms with Crippen LogP contribution in [0.2, 0.25) is 0 Å². The van der Waals surface area contributed by atoms with Gasteiger partial charge in [-0.25, -0.2) is 0 Å². The Bertz CT molecular complexity index is 868. The molecule has 0 saturated carbocycles. The summed E-state index contributed by atoms with van der Waals surface area (Å²) in [6, 6.07) is 16.2. The van der Waals surface area contributed by atoms with Gasteiger partial charge in [-0.05, 0) is 37.8 Å². The highest BCUT2D eigenvalue weighted by Gasteiger charge is 2.17. The van der Waals surface area contributed by atoms with Gasteiger partial charge in [-0.3, -0.25) is 4.79 Å². The minimum atomic E-state index is -0.164. The molecular weight excluding hydrogens is 326 g/mol. The predicted octanol–water partition coefficient (Wildman–Crippen LogP) is 4.43. The second-order valence-corrected chi connectivity index (χ2v) is 6.47. The van der Waals surface area contributed by atoms with E-state index in [-0.39, 0.29) is 5.91 Å². The van der Waals surface area contributed by atoms with Crippen molar-refractivity contribution in [2.24, 2.45) is 0 Å². The lowest BCUT2D eigenvalue weighted by atomic mass is 10.1. The van der Waals surface area contributed by atoms with Crippen molar-refractivity contribution in [2.45, 2.75) is 26.7 Å². The van der Waals surface area contributed by atoms with Crippen molar-refractivity contribution in [3.63, 3.8) is 0 Å². The zero-order chi connectivity index (χ0) is 18.4. The lowest BCUT2D eigenvalue weighted by molar-refractivity contribution is 0.0916. The number of rotatable bonds is 8.